The molecule has 1 aromatic rings. The van der Waals surface area contributed by atoms with E-state index in [1.165, 1.54) is 24.3 Å². The van der Waals surface area contributed by atoms with Crippen molar-refractivity contribution in [3.8, 4) is 0 Å². The fourth-order valence-electron chi connectivity index (χ4n) is 1.14. The zero-order chi connectivity index (χ0) is 11.4. The molecule has 0 bridgehead atoms. The van der Waals surface area contributed by atoms with E-state index in [4.69, 9.17) is 0 Å². The summed E-state index contributed by atoms with van der Waals surface area (Å²) >= 11 is 0. The molecule has 1 rings (SSSR count). The molecule has 0 aliphatic heterocycles. The number of Topliss-reactive ketones (excluding diaryl/α,β-unsaturated/α-hetero) is 1. The van der Waals surface area contributed by atoms with E-state index in [2.05, 4.69) is 0 Å². The van der Waals surface area contributed by atoms with Crippen molar-refractivity contribution in [2.75, 3.05) is 13.6 Å². The molecule has 0 spiro atoms. The van der Waals surface area contributed by atoms with Crippen LogP contribution in [0.2, 0.25) is 0 Å². The molecule has 0 radical (unpaired) electrons. The molecular formula is C12H16FNO. The summed E-state index contributed by atoms with van der Waals surface area (Å²) in [4.78, 5) is 13.7. The van der Waals surface area contributed by atoms with Gasteiger partial charge in [0.2, 0.25) is 0 Å². The molecule has 2 nitrogen and oxygen atoms in total. The summed E-state index contributed by atoms with van der Waals surface area (Å²) < 4.78 is 12.6. The maximum absolute atomic E-state index is 12.6. The van der Waals surface area contributed by atoms with Gasteiger partial charge in [0.05, 0.1) is 6.54 Å². The second-order valence-corrected chi connectivity index (χ2v) is 3.94. The van der Waals surface area contributed by atoms with E-state index in [9.17, 15) is 9.18 Å². The van der Waals surface area contributed by atoms with Crippen LogP contribution in [0.4, 0.5) is 4.39 Å². The van der Waals surface area contributed by atoms with Gasteiger partial charge in [0.15, 0.2) is 5.78 Å². The quantitative estimate of drug-likeness (QED) is 0.709. The van der Waals surface area contributed by atoms with Gasteiger partial charge < -0.3 is 0 Å². The van der Waals surface area contributed by atoms with Crippen molar-refractivity contribution < 1.29 is 9.18 Å². The molecule has 0 saturated carbocycles. The Balaban J connectivity index is 2.65. The summed E-state index contributed by atoms with van der Waals surface area (Å²) in [5.74, 6) is -0.296. The third-order valence-corrected chi connectivity index (χ3v) is 2.44. The van der Waals surface area contributed by atoms with Crippen LogP contribution in [-0.4, -0.2) is 30.3 Å². The first kappa shape index (κ1) is 11.9. The van der Waals surface area contributed by atoms with Crippen molar-refractivity contribution in [1.29, 1.82) is 0 Å². The fourth-order valence-corrected chi connectivity index (χ4v) is 1.14. The van der Waals surface area contributed by atoms with Crippen molar-refractivity contribution >= 4 is 5.78 Å². The SMILES string of the molecule is CC(C)N(C)CC(=O)c1ccc(F)cc1. The molecule has 0 atom stereocenters. The number of carbonyl (C=O) groups excluding carboxylic acids is 1. The van der Waals surface area contributed by atoms with Crippen LogP contribution in [0.25, 0.3) is 0 Å². The molecule has 0 aliphatic carbocycles. The average Bonchev–Trinajstić information content (AvgIpc) is 2.18. The van der Waals surface area contributed by atoms with Crippen LogP contribution >= 0.6 is 0 Å². The van der Waals surface area contributed by atoms with Gasteiger partial charge in [-0.2, -0.15) is 0 Å². The zero-order valence-electron chi connectivity index (χ0n) is 9.33. The van der Waals surface area contributed by atoms with Crippen LogP contribution in [-0.2, 0) is 0 Å². The highest BCUT2D eigenvalue weighted by atomic mass is 19.1. The van der Waals surface area contributed by atoms with E-state index in [0.29, 0.717) is 18.2 Å². The molecule has 3 heteroatoms. The van der Waals surface area contributed by atoms with Crippen LogP contribution in [0.3, 0.4) is 0 Å². The Hall–Kier alpha value is -1.22. The minimum atomic E-state index is -0.316. The van der Waals surface area contributed by atoms with Crippen molar-refractivity contribution in [1.82, 2.24) is 4.90 Å². The van der Waals surface area contributed by atoms with Gasteiger partial charge >= 0.3 is 0 Å². The van der Waals surface area contributed by atoms with Gasteiger partial charge in [-0.05, 0) is 45.2 Å². The number of carbonyl (C=O) groups is 1. The molecule has 0 fully saturated rings. The first-order valence-electron chi connectivity index (χ1n) is 4.99. The van der Waals surface area contributed by atoms with Gasteiger partial charge in [-0.3, -0.25) is 9.69 Å². The molecule has 0 aliphatic rings. The van der Waals surface area contributed by atoms with E-state index < -0.39 is 0 Å². The van der Waals surface area contributed by atoms with Crippen LogP contribution in [0.5, 0.6) is 0 Å². The molecule has 15 heavy (non-hydrogen) atoms. The Kier molecular flexibility index (Phi) is 3.97. The summed E-state index contributed by atoms with van der Waals surface area (Å²) in [6, 6.07) is 5.98. The highest BCUT2D eigenvalue weighted by Crippen LogP contribution is 2.05. The number of likely N-dealkylation sites (N-methyl/N-ethyl adjacent to an activating group) is 1. The average molecular weight is 209 g/mol. The molecular weight excluding hydrogens is 193 g/mol. The highest BCUT2D eigenvalue weighted by molar-refractivity contribution is 5.97. The predicted octanol–water partition coefficient (Wildman–Crippen LogP) is 2.35. The minimum absolute atomic E-state index is 0.0196. The summed E-state index contributed by atoms with van der Waals surface area (Å²) in [5.41, 5.74) is 0.559. The summed E-state index contributed by atoms with van der Waals surface area (Å²) in [7, 11) is 1.89. The molecule has 0 amide bonds. The second-order valence-electron chi connectivity index (χ2n) is 3.94. The molecule has 0 saturated heterocycles. The fraction of sp³-hybridized carbons (Fsp3) is 0.417. The lowest BCUT2D eigenvalue weighted by molar-refractivity contribution is 0.0929. The highest BCUT2D eigenvalue weighted by Gasteiger charge is 2.11. The first-order valence-corrected chi connectivity index (χ1v) is 4.99. The predicted molar refractivity (Wildman–Crippen MR) is 58.5 cm³/mol. The smallest absolute Gasteiger partial charge is 0.176 e. The van der Waals surface area contributed by atoms with Crippen LogP contribution < -0.4 is 0 Å². The van der Waals surface area contributed by atoms with Crippen molar-refractivity contribution in [3.05, 3.63) is 35.6 Å². The summed E-state index contributed by atoms with van der Waals surface area (Å²) in [6.45, 7) is 4.42. The number of hydrogen-bond donors (Lipinski definition) is 0. The van der Waals surface area contributed by atoms with Crippen LogP contribution in [0.1, 0.15) is 24.2 Å². The number of nitrogens with zero attached hydrogens (tertiary/aromatic N) is 1. The summed E-state index contributed by atoms with van der Waals surface area (Å²) in [5, 5.41) is 0. The van der Waals surface area contributed by atoms with Gasteiger partial charge in [0, 0.05) is 11.6 Å². The first-order chi connectivity index (χ1) is 7.00. The van der Waals surface area contributed by atoms with Crippen molar-refractivity contribution in [2.24, 2.45) is 0 Å². The van der Waals surface area contributed by atoms with Gasteiger partial charge in [0.1, 0.15) is 5.82 Å². The number of hydrogen-bond acceptors (Lipinski definition) is 2. The van der Waals surface area contributed by atoms with Crippen LogP contribution in [0, 0.1) is 5.82 Å². The van der Waals surface area contributed by atoms with Gasteiger partial charge in [-0.1, -0.05) is 0 Å². The van der Waals surface area contributed by atoms with Crippen LogP contribution in [0.15, 0.2) is 24.3 Å². The Labute approximate surface area is 89.7 Å². The molecule has 0 aromatic heterocycles. The maximum atomic E-state index is 12.6. The lowest BCUT2D eigenvalue weighted by Crippen LogP contribution is -2.31. The lowest BCUT2D eigenvalue weighted by Gasteiger charge is -2.19. The van der Waals surface area contributed by atoms with E-state index in [1.54, 1.807) is 0 Å². The van der Waals surface area contributed by atoms with E-state index in [1.807, 2.05) is 25.8 Å². The number of rotatable bonds is 4. The van der Waals surface area contributed by atoms with Gasteiger partial charge in [-0.15, -0.1) is 0 Å². The number of benzene rings is 1. The normalized spacial score (nSPS) is 11.1. The molecule has 1 aromatic carbocycles. The largest absolute Gasteiger partial charge is 0.296 e. The Morgan fingerprint density at radius 1 is 1.33 bits per heavy atom. The van der Waals surface area contributed by atoms with Crippen molar-refractivity contribution in [2.45, 2.75) is 19.9 Å². The zero-order valence-corrected chi connectivity index (χ0v) is 9.33. The second kappa shape index (κ2) is 5.03. The Morgan fingerprint density at radius 2 is 1.87 bits per heavy atom. The van der Waals surface area contributed by atoms with E-state index in [0.717, 1.165) is 0 Å². The maximum Gasteiger partial charge on any atom is 0.176 e. The van der Waals surface area contributed by atoms with Gasteiger partial charge in [0.25, 0.3) is 0 Å². The molecule has 0 unspecified atom stereocenters. The number of halogens is 1. The number of ketones is 1. The molecule has 0 N–H and O–H groups in total. The molecule has 0 heterocycles. The van der Waals surface area contributed by atoms with E-state index >= 15 is 0 Å². The monoisotopic (exact) mass is 209 g/mol. The third kappa shape index (κ3) is 3.44. The topological polar surface area (TPSA) is 20.3 Å². The third-order valence-electron chi connectivity index (χ3n) is 2.44. The Morgan fingerprint density at radius 3 is 2.33 bits per heavy atom. The van der Waals surface area contributed by atoms with Gasteiger partial charge in [-0.25, -0.2) is 4.39 Å². The Bertz CT molecular complexity index is 332. The van der Waals surface area contributed by atoms with Crippen molar-refractivity contribution in [3.63, 3.8) is 0 Å². The summed E-state index contributed by atoms with van der Waals surface area (Å²) in [6.07, 6.45) is 0. The molecule has 82 valence electrons. The lowest BCUT2D eigenvalue weighted by atomic mass is 10.1. The standard InChI is InChI=1S/C12H16FNO/c1-9(2)14(3)8-12(15)10-4-6-11(13)7-5-10/h4-7,9H,8H2,1-3H3. The van der Waals surface area contributed by atoms with E-state index in [-0.39, 0.29) is 11.6 Å². The minimum Gasteiger partial charge on any atom is -0.296 e.